The Morgan fingerprint density at radius 3 is 1.86 bits per heavy atom. The first kappa shape index (κ1) is 15.7. The lowest BCUT2D eigenvalue weighted by molar-refractivity contribution is -0.495. The van der Waals surface area contributed by atoms with Gasteiger partial charge in [0.25, 0.3) is 5.91 Å². The van der Waals surface area contributed by atoms with Crippen molar-refractivity contribution in [3.63, 3.8) is 0 Å². The number of carbonyl (C=O) groups is 1. The van der Waals surface area contributed by atoms with Crippen molar-refractivity contribution in [2.45, 2.75) is 12.5 Å². The van der Waals surface area contributed by atoms with Crippen LogP contribution in [0.5, 0.6) is 0 Å². The molecular formula is C16H16N2O4. The quantitative estimate of drug-likeness (QED) is 0.678. The molecule has 1 amide bonds. The van der Waals surface area contributed by atoms with Crippen molar-refractivity contribution in [2.24, 2.45) is 0 Å². The highest BCUT2D eigenvalue weighted by Gasteiger charge is 2.40. The Hall–Kier alpha value is -2.73. The molecule has 0 bridgehead atoms. The highest BCUT2D eigenvalue weighted by molar-refractivity contribution is 6.05. The monoisotopic (exact) mass is 300 g/mol. The summed E-state index contributed by atoms with van der Waals surface area (Å²) >= 11 is 0. The lowest BCUT2D eigenvalue weighted by atomic mass is 10.0. The molecule has 0 aliphatic carbocycles. The number of carbonyl (C=O) groups excluding carboxylic acids is 1. The fourth-order valence-electron chi connectivity index (χ4n) is 2.10. The van der Waals surface area contributed by atoms with Gasteiger partial charge in [0, 0.05) is 16.3 Å². The lowest BCUT2D eigenvalue weighted by Crippen LogP contribution is -2.49. The Morgan fingerprint density at radius 1 is 1.09 bits per heavy atom. The lowest BCUT2D eigenvalue weighted by Gasteiger charge is -2.28. The second-order valence-corrected chi connectivity index (χ2v) is 5.08. The van der Waals surface area contributed by atoms with Crippen LogP contribution >= 0.6 is 0 Å². The topological polar surface area (TPSA) is 83.7 Å². The number of nitro groups is 1. The predicted octanol–water partition coefficient (Wildman–Crippen LogP) is 2.38. The molecule has 6 nitrogen and oxygen atoms in total. The van der Waals surface area contributed by atoms with Gasteiger partial charge in [-0.25, -0.2) is 0 Å². The van der Waals surface area contributed by atoms with Crippen molar-refractivity contribution < 1.29 is 14.8 Å². The average molecular weight is 300 g/mol. The Kier molecular flexibility index (Phi) is 4.53. The van der Waals surface area contributed by atoms with Gasteiger partial charge in [-0.05, 0) is 31.2 Å². The van der Waals surface area contributed by atoms with Gasteiger partial charge in [-0.3, -0.25) is 19.8 Å². The van der Waals surface area contributed by atoms with E-state index in [2.05, 4.69) is 0 Å². The van der Waals surface area contributed by atoms with Crippen molar-refractivity contribution in [1.29, 1.82) is 0 Å². The molecule has 114 valence electrons. The van der Waals surface area contributed by atoms with Gasteiger partial charge in [0.15, 0.2) is 0 Å². The molecule has 2 rings (SSSR count). The molecule has 22 heavy (non-hydrogen) atoms. The van der Waals surface area contributed by atoms with Gasteiger partial charge in [0.1, 0.15) is 0 Å². The average Bonchev–Trinajstić information content (AvgIpc) is 2.48. The molecule has 0 saturated heterocycles. The van der Waals surface area contributed by atoms with Crippen molar-refractivity contribution in [2.75, 3.05) is 11.4 Å². The second-order valence-electron chi connectivity index (χ2n) is 5.08. The number of para-hydroxylation sites is 2. The minimum atomic E-state index is -2.10. The van der Waals surface area contributed by atoms with Gasteiger partial charge in [-0.15, -0.1) is 0 Å². The molecule has 2 aromatic rings. The summed E-state index contributed by atoms with van der Waals surface area (Å²) in [7, 11) is 0. The first-order valence-corrected chi connectivity index (χ1v) is 6.70. The zero-order valence-electron chi connectivity index (χ0n) is 12.0. The third-order valence-corrected chi connectivity index (χ3v) is 3.13. The fourth-order valence-corrected chi connectivity index (χ4v) is 2.10. The van der Waals surface area contributed by atoms with Crippen molar-refractivity contribution in [3.05, 3.63) is 70.8 Å². The van der Waals surface area contributed by atoms with E-state index in [0.29, 0.717) is 11.4 Å². The van der Waals surface area contributed by atoms with Crippen LogP contribution in [0.25, 0.3) is 0 Å². The number of amides is 1. The summed E-state index contributed by atoms with van der Waals surface area (Å²) in [5, 5.41) is 20.9. The maximum absolute atomic E-state index is 12.7. The Bertz CT molecular complexity index is 617. The van der Waals surface area contributed by atoms with Crippen LogP contribution in [0, 0.1) is 10.1 Å². The van der Waals surface area contributed by atoms with E-state index in [0.717, 1.165) is 6.92 Å². The molecule has 0 aliphatic rings. The minimum Gasteiger partial charge on any atom is -0.375 e. The van der Waals surface area contributed by atoms with Crippen LogP contribution in [0.3, 0.4) is 0 Å². The number of hydrogen-bond donors (Lipinski definition) is 1. The van der Waals surface area contributed by atoms with Gasteiger partial charge in [0.2, 0.25) is 12.1 Å². The van der Waals surface area contributed by atoms with Crippen LogP contribution in [0.1, 0.15) is 6.92 Å². The van der Waals surface area contributed by atoms with Crippen molar-refractivity contribution in [1.82, 2.24) is 0 Å². The van der Waals surface area contributed by atoms with Crippen LogP contribution in [-0.2, 0) is 4.79 Å². The van der Waals surface area contributed by atoms with Gasteiger partial charge in [-0.2, -0.15) is 0 Å². The molecular weight excluding hydrogens is 284 g/mol. The second kappa shape index (κ2) is 6.36. The molecule has 0 saturated carbocycles. The van der Waals surface area contributed by atoms with Crippen LogP contribution in [0.4, 0.5) is 11.4 Å². The highest BCUT2D eigenvalue weighted by atomic mass is 16.6. The summed E-state index contributed by atoms with van der Waals surface area (Å²) in [5.41, 5.74) is -1.04. The summed E-state index contributed by atoms with van der Waals surface area (Å²) in [5.74, 6) is -0.749. The molecule has 0 spiro atoms. The van der Waals surface area contributed by atoms with Gasteiger partial charge < -0.3 is 5.11 Å². The van der Waals surface area contributed by atoms with E-state index >= 15 is 0 Å². The maximum atomic E-state index is 12.7. The van der Waals surface area contributed by atoms with Gasteiger partial charge in [-0.1, -0.05) is 36.4 Å². The van der Waals surface area contributed by atoms with E-state index in [1.165, 1.54) is 4.90 Å². The molecule has 0 aliphatic heterocycles. The normalized spacial score (nSPS) is 13.2. The standard InChI is InChI=1S/C16H16N2O4/c1-16(20,12-17(21)22)15(19)18(13-8-4-2-5-9-13)14-10-6-3-7-11-14/h2-11,20H,12H2,1H3. The van der Waals surface area contributed by atoms with Crippen LogP contribution in [0.15, 0.2) is 60.7 Å². The first-order valence-electron chi connectivity index (χ1n) is 6.70. The largest absolute Gasteiger partial charge is 0.375 e. The number of benzene rings is 2. The van der Waals surface area contributed by atoms with Crippen LogP contribution in [-0.4, -0.2) is 28.1 Å². The number of anilines is 2. The number of hydrogen-bond acceptors (Lipinski definition) is 4. The molecule has 0 radical (unpaired) electrons. The first-order chi connectivity index (χ1) is 10.4. The number of aliphatic hydroxyl groups is 1. The Balaban J connectivity index is 2.46. The number of nitrogens with zero attached hydrogens (tertiary/aromatic N) is 2. The summed E-state index contributed by atoms with van der Waals surface area (Å²) in [6, 6.07) is 17.4. The molecule has 0 aromatic heterocycles. The van der Waals surface area contributed by atoms with E-state index in [9.17, 15) is 20.0 Å². The molecule has 1 N–H and O–H groups in total. The summed E-state index contributed by atoms with van der Waals surface area (Å²) in [6.07, 6.45) is 0. The third kappa shape index (κ3) is 3.48. The molecule has 6 heteroatoms. The van der Waals surface area contributed by atoms with Crippen molar-refractivity contribution >= 4 is 17.3 Å². The van der Waals surface area contributed by atoms with Crippen LogP contribution < -0.4 is 4.90 Å². The summed E-state index contributed by atoms with van der Waals surface area (Å²) in [6.45, 7) is 0.291. The molecule has 1 unspecified atom stereocenters. The molecule has 2 aromatic carbocycles. The zero-order chi connectivity index (χ0) is 16.2. The SMILES string of the molecule is CC(O)(C[N+](=O)[O-])C(=O)N(c1ccccc1)c1ccccc1. The third-order valence-electron chi connectivity index (χ3n) is 3.13. The minimum absolute atomic E-state index is 0.530. The number of rotatable bonds is 5. The predicted molar refractivity (Wildman–Crippen MR) is 82.5 cm³/mol. The van der Waals surface area contributed by atoms with E-state index in [4.69, 9.17) is 0 Å². The fraction of sp³-hybridized carbons (Fsp3) is 0.188. The molecule has 1 atom stereocenters. The highest BCUT2D eigenvalue weighted by Crippen LogP contribution is 2.28. The van der Waals surface area contributed by atoms with Gasteiger partial charge >= 0.3 is 0 Å². The summed E-state index contributed by atoms with van der Waals surface area (Å²) in [4.78, 5) is 23.9. The zero-order valence-corrected chi connectivity index (χ0v) is 12.0. The Labute approximate surface area is 127 Å². The van der Waals surface area contributed by atoms with Gasteiger partial charge in [0.05, 0.1) is 0 Å². The van der Waals surface area contributed by atoms with E-state index in [1.807, 2.05) is 0 Å². The smallest absolute Gasteiger partial charge is 0.270 e. The molecule has 0 heterocycles. The Morgan fingerprint density at radius 2 is 1.50 bits per heavy atom. The van der Waals surface area contributed by atoms with E-state index < -0.39 is 23.0 Å². The van der Waals surface area contributed by atoms with Crippen LogP contribution in [0.2, 0.25) is 0 Å². The van der Waals surface area contributed by atoms with E-state index in [1.54, 1.807) is 60.7 Å². The van der Waals surface area contributed by atoms with E-state index in [-0.39, 0.29) is 0 Å². The maximum Gasteiger partial charge on any atom is 0.270 e. The van der Waals surface area contributed by atoms with Crippen molar-refractivity contribution in [3.8, 4) is 0 Å². The molecule has 0 fully saturated rings. The summed E-state index contributed by atoms with van der Waals surface area (Å²) < 4.78 is 0.